The van der Waals surface area contributed by atoms with Gasteiger partial charge in [-0.2, -0.15) is 0 Å². The number of amides is 1. The van der Waals surface area contributed by atoms with Crippen molar-refractivity contribution in [2.45, 2.75) is 65.1 Å². The SMILES string of the molecule is CC(C)(O)CN1CCC(=Cc2ccc(C(=O)Cc3ccc(F)cc3NC(=O)OC(C)(C)C)cc2)CC1. The van der Waals surface area contributed by atoms with Gasteiger partial charge in [0, 0.05) is 31.6 Å². The molecule has 36 heavy (non-hydrogen) atoms. The highest BCUT2D eigenvalue weighted by molar-refractivity contribution is 5.99. The van der Waals surface area contributed by atoms with E-state index in [1.807, 2.05) is 26.0 Å². The molecule has 2 aromatic rings. The monoisotopic (exact) mass is 496 g/mol. The molecule has 1 fully saturated rings. The summed E-state index contributed by atoms with van der Waals surface area (Å²) in [6.07, 6.45) is 3.38. The molecule has 1 aliphatic heterocycles. The van der Waals surface area contributed by atoms with Gasteiger partial charge in [-0.25, -0.2) is 9.18 Å². The highest BCUT2D eigenvalue weighted by Gasteiger charge is 2.21. The standard InChI is InChI=1S/C29H37FN2O4/c1-28(2,3)36-27(34)31-25-18-24(30)11-10-23(25)17-26(33)22-8-6-20(7-9-22)16-21-12-14-32(15-13-21)19-29(4,5)35/h6-11,16,18,35H,12-15,17,19H2,1-5H3,(H,31,34). The molecule has 2 aromatic carbocycles. The number of hydrogen-bond donors (Lipinski definition) is 2. The Hall–Kier alpha value is -3.03. The van der Waals surface area contributed by atoms with Gasteiger partial charge in [-0.15, -0.1) is 0 Å². The van der Waals surface area contributed by atoms with E-state index in [-0.39, 0.29) is 17.9 Å². The van der Waals surface area contributed by atoms with Crippen molar-refractivity contribution in [2.75, 3.05) is 25.0 Å². The van der Waals surface area contributed by atoms with Crippen LogP contribution in [0.25, 0.3) is 6.08 Å². The third kappa shape index (κ3) is 8.88. The second-order valence-electron chi connectivity index (χ2n) is 11.0. The number of β-amino-alcohol motifs (C(OH)–C–C–N with tert-alkyl or cyclic N) is 1. The van der Waals surface area contributed by atoms with Gasteiger partial charge in [-0.1, -0.05) is 42.0 Å². The second-order valence-corrected chi connectivity index (χ2v) is 11.0. The van der Waals surface area contributed by atoms with Crippen molar-refractivity contribution in [3.05, 3.63) is 70.5 Å². The third-order valence-corrected chi connectivity index (χ3v) is 5.77. The molecule has 6 nitrogen and oxygen atoms in total. The molecule has 3 rings (SSSR count). The quantitative estimate of drug-likeness (QED) is 0.470. The van der Waals surface area contributed by atoms with Crippen LogP contribution in [0, 0.1) is 5.82 Å². The van der Waals surface area contributed by atoms with Crippen LogP contribution in [0.2, 0.25) is 0 Å². The smallest absolute Gasteiger partial charge is 0.412 e. The molecule has 1 heterocycles. The van der Waals surface area contributed by atoms with Crippen LogP contribution in [-0.4, -0.2) is 52.7 Å². The Balaban J connectivity index is 1.63. The van der Waals surface area contributed by atoms with E-state index in [1.54, 1.807) is 32.9 Å². The molecule has 7 heteroatoms. The zero-order valence-corrected chi connectivity index (χ0v) is 21.9. The number of Topliss-reactive ketones (excluding diaryl/α,β-unsaturated/α-hetero) is 1. The molecule has 2 N–H and O–H groups in total. The minimum Gasteiger partial charge on any atom is -0.444 e. The molecule has 0 spiro atoms. The predicted octanol–water partition coefficient (Wildman–Crippen LogP) is 5.85. The van der Waals surface area contributed by atoms with Crippen LogP contribution in [0.5, 0.6) is 0 Å². The van der Waals surface area contributed by atoms with Gasteiger partial charge in [0.2, 0.25) is 0 Å². The minimum absolute atomic E-state index is 0.0168. The number of likely N-dealkylation sites (tertiary alicyclic amines) is 1. The fourth-order valence-corrected chi connectivity index (χ4v) is 4.20. The van der Waals surface area contributed by atoms with Crippen LogP contribution in [0.4, 0.5) is 14.9 Å². The van der Waals surface area contributed by atoms with Crippen molar-refractivity contribution in [3.8, 4) is 0 Å². The van der Waals surface area contributed by atoms with Gasteiger partial charge in [-0.05, 0) is 70.7 Å². The highest BCUT2D eigenvalue weighted by atomic mass is 19.1. The number of carbonyl (C=O) groups excluding carboxylic acids is 2. The molecular formula is C29H37FN2O4. The zero-order chi connectivity index (χ0) is 26.5. The summed E-state index contributed by atoms with van der Waals surface area (Å²) >= 11 is 0. The maximum atomic E-state index is 13.8. The Kier molecular flexibility index (Phi) is 8.69. The van der Waals surface area contributed by atoms with E-state index in [4.69, 9.17) is 4.74 Å². The van der Waals surface area contributed by atoms with E-state index in [0.29, 0.717) is 17.7 Å². The van der Waals surface area contributed by atoms with E-state index in [1.165, 1.54) is 23.8 Å². The van der Waals surface area contributed by atoms with Crippen LogP contribution in [0.15, 0.2) is 48.0 Å². The summed E-state index contributed by atoms with van der Waals surface area (Å²) in [6.45, 7) is 11.4. The number of halogens is 1. The average Bonchev–Trinajstić information content (AvgIpc) is 2.75. The van der Waals surface area contributed by atoms with E-state index >= 15 is 0 Å². The lowest BCUT2D eigenvalue weighted by Crippen LogP contribution is -2.41. The van der Waals surface area contributed by atoms with Crippen molar-refractivity contribution in [1.29, 1.82) is 0 Å². The molecule has 0 atom stereocenters. The molecule has 0 bridgehead atoms. The summed E-state index contributed by atoms with van der Waals surface area (Å²) in [5.41, 5.74) is 2.27. The van der Waals surface area contributed by atoms with Gasteiger partial charge < -0.3 is 9.84 Å². The average molecular weight is 497 g/mol. The molecule has 0 aliphatic carbocycles. The fraction of sp³-hybridized carbons (Fsp3) is 0.448. The lowest BCUT2D eigenvalue weighted by molar-refractivity contribution is 0.0338. The second kappa shape index (κ2) is 11.4. The Bertz CT molecular complexity index is 1100. The molecule has 1 amide bonds. The number of rotatable bonds is 7. The number of ether oxygens (including phenoxy) is 1. The highest BCUT2D eigenvalue weighted by Crippen LogP contribution is 2.23. The number of hydrogen-bond acceptors (Lipinski definition) is 5. The zero-order valence-electron chi connectivity index (χ0n) is 21.9. The molecule has 0 saturated carbocycles. The minimum atomic E-state index is -0.704. The molecule has 0 unspecified atom stereocenters. The molecule has 0 radical (unpaired) electrons. The first-order chi connectivity index (χ1) is 16.8. The summed E-state index contributed by atoms with van der Waals surface area (Å²) in [5, 5.41) is 12.6. The predicted molar refractivity (Wildman–Crippen MR) is 141 cm³/mol. The third-order valence-electron chi connectivity index (χ3n) is 5.77. The number of anilines is 1. The van der Waals surface area contributed by atoms with Crippen LogP contribution >= 0.6 is 0 Å². The Morgan fingerprint density at radius 2 is 1.69 bits per heavy atom. The van der Waals surface area contributed by atoms with Crippen LogP contribution < -0.4 is 5.32 Å². The summed E-state index contributed by atoms with van der Waals surface area (Å²) in [5.74, 6) is -0.645. The molecule has 194 valence electrons. The largest absolute Gasteiger partial charge is 0.444 e. The maximum Gasteiger partial charge on any atom is 0.412 e. The van der Waals surface area contributed by atoms with Crippen molar-refractivity contribution < 1.29 is 23.8 Å². The van der Waals surface area contributed by atoms with E-state index < -0.39 is 23.1 Å². The van der Waals surface area contributed by atoms with Crippen molar-refractivity contribution in [2.24, 2.45) is 0 Å². The fourth-order valence-electron chi connectivity index (χ4n) is 4.20. The summed E-state index contributed by atoms with van der Waals surface area (Å²) in [7, 11) is 0. The van der Waals surface area contributed by atoms with Gasteiger partial charge in [0.05, 0.1) is 11.3 Å². The number of nitrogens with zero attached hydrogens (tertiary/aromatic N) is 1. The number of aliphatic hydroxyl groups is 1. The lowest BCUT2D eigenvalue weighted by Gasteiger charge is -2.32. The van der Waals surface area contributed by atoms with Crippen LogP contribution in [0.1, 0.15) is 68.9 Å². The first-order valence-corrected chi connectivity index (χ1v) is 12.3. The molecule has 0 aromatic heterocycles. The number of ketones is 1. The van der Waals surface area contributed by atoms with Crippen molar-refractivity contribution >= 4 is 23.6 Å². The summed E-state index contributed by atoms with van der Waals surface area (Å²) in [6, 6.07) is 11.4. The normalized spacial score (nSPS) is 14.9. The summed E-state index contributed by atoms with van der Waals surface area (Å²) in [4.78, 5) is 27.4. The van der Waals surface area contributed by atoms with Crippen molar-refractivity contribution in [1.82, 2.24) is 4.90 Å². The van der Waals surface area contributed by atoms with Crippen LogP contribution in [-0.2, 0) is 11.2 Å². The molecule has 1 saturated heterocycles. The first kappa shape index (κ1) is 27.6. The number of piperidine rings is 1. The first-order valence-electron chi connectivity index (χ1n) is 12.3. The van der Waals surface area contributed by atoms with Gasteiger partial charge >= 0.3 is 6.09 Å². The summed E-state index contributed by atoms with van der Waals surface area (Å²) < 4.78 is 19.1. The number of benzene rings is 2. The van der Waals surface area contributed by atoms with Crippen LogP contribution in [0.3, 0.4) is 0 Å². The number of carbonyl (C=O) groups is 2. The lowest BCUT2D eigenvalue weighted by atomic mass is 9.97. The van der Waals surface area contributed by atoms with Gasteiger partial charge in [0.25, 0.3) is 0 Å². The van der Waals surface area contributed by atoms with Gasteiger partial charge in [0.15, 0.2) is 5.78 Å². The van der Waals surface area contributed by atoms with E-state index in [0.717, 1.165) is 31.5 Å². The Morgan fingerprint density at radius 3 is 2.28 bits per heavy atom. The molecule has 1 aliphatic rings. The number of nitrogens with one attached hydrogen (secondary N) is 1. The van der Waals surface area contributed by atoms with E-state index in [2.05, 4.69) is 16.3 Å². The van der Waals surface area contributed by atoms with Gasteiger partial charge in [0.1, 0.15) is 11.4 Å². The topological polar surface area (TPSA) is 78.9 Å². The Morgan fingerprint density at radius 1 is 1.06 bits per heavy atom. The van der Waals surface area contributed by atoms with Gasteiger partial charge in [-0.3, -0.25) is 15.0 Å². The Labute approximate surface area is 213 Å². The maximum absolute atomic E-state index is 13.8. The van der Waals surface area contributed by atoms with Crippen molar-refractivity contribution in [3.63, 3.8) is 0 Å². The van der Waals surface area contributed by atoms with E-state index in [9.17, 15) is 19.1 Å². The molecular weight excluding hydrogens is 459 g/mol.